The van der Waals surface area contributed by atoms with Crippen molar-refractivity contribution in [2.45, 2.75) is 78.2 Å². The fraction of sp³-hybridized carbons (Fsp3) is 0.812. The number of hydrogen-bond acceptors (Lipinski definition) is 3. The van der Waals surface area contributed by atoms with E-state index in [4.69, 9.17) is 4.74 Å². The summed E-state index contributed by atoms with van der Waals surface area (Å²) >= 11 is 0. The van der Waals surface area contributed by atoms with Crippen LogP contribution in [-0.2, 0) is 17.9 Å². The molecule has 20 heavy (non-hydrogen) atoms. The number of nitrogens with zero attached hydrogens (tertiary/aromatic N) is 2. The van der Waals surface area contributed by atoms with Crippen LogP contribution in [0.1, 0.15) is 57.3 Å². The van der Waals surface area contributed by atoms with Crippen molar-refractivity contribution in [1.29, 1.82) is 0 Å². The molecular formula is C16H29N3O. The van der Waals surface area contributed by atoms with Gasteiger partial charge in [0, 0.05) is 12.6 Å². The maximum Gasteiger partial charge on any atom is 0.0888 e. The van der Waals surface area contributed by atoms with Crippen LogP contribution >= 0.6 is 0 Å². The summed E-state index contributed by atoms with van der Waals surface area (Å²) in [5.74, 6) is 0. The van der Waals surface area contributed by atoms with Gasteiger partial charge in [-0.1, -0.05) is 6.92 Å². The van der Waals surface area contributed by atoms with Crippen LogP contribution in [0, 0.1) is 6.92 Å². The highest BCUT2D eigenvalue weighted by molar-refractivity contribution is 5.07. The van der Waals surface area contributed by atoms with Crippen molar-refractivity contribution in [3.63, 3.8) is 0 Å². The van der Waals surface area contributed by atoms with Crippen molar-refractivity contribution in [3.8, 4) is 0 Å². The quantitative estimate of drug-likeness (QED) is 0.834. The molecule has 0 atom stereocenters. The molecule has 1 heterocycles. The predicted octanol–water partition coefficient (Wildman–Crippen LogP) is 3.04. The molecule has 0 unspecified atom stereocenters. The number of nitrogens with one attached hydrogen (secondary N) is 1. The van der Waals surface area contributed by atoms with Gasteiger partial charge in [0.1, 0.15) is 0 Å². The van der Waals surface area contributed by atoms with E-state index in [2.05, 4.69) is 30.3 Å². The first-order chi connectivity index (χ1) is 9.72. The summed E-state index contributed by atoms with van der Waals surface area (Å²) in [6.45, 7) is 9.15. The summed E-state index contributed by atoms with van der Waals surface area (Å²) in [4.78, 5) is 0. The molecule has 0 spiro atoms. The summed E-state index contributed by atoms with van der Waals surface area (Å²) in [6.07, 6.45) is 6.50. The van der Waals surface area contributed by atoms with Crippen LogP contribution < -0.4 is 5.32 Å². The van der Waals surface area contributed by atoms with Crippen LogP contribution in [0.3, 0.4) is 0 Å². The molecule has 0 aliphatic heterocycles. The Bertz CT molecular complexity index is 394. The minimum atomic E-state index is 0.426. The minimum Gasteiger partial charge on any atom is -0.372 e. The van der Waals surface area contributed by atoms with E-state index < -0.39 is 0 Å². The molecule has 1 aliphatic rings. The Morgan fingerprint density at radius 3 is 2.70 bits per heavy atom. The van der Waals surface area contributed by atoms with Gasteiger partial charge in [0.2, 0.25) is 0 Å². The van der Waals surface area contributed by atoms with Gasteiger partial charge in [0.05, 0.1) is 24.1 Å². The van der Waals surface area contributed by atoms with Gasteiger partial charge in [-0.05, 0) is 58.6 Å². The molecule has 1 aromatic heterocycles. The highest BCUT2D eigenvalue weighted by atomic mass is 16.5. The fourth-order valence-electron chi connectivity index (χ4n) is 2.97. The average molecular weight is 279 g/mol. The molecule has 0 aromatic carbocycles. The van der Waals surface area contributed by atoms with Gasteiger partial charge in [-0.3, -0.25) is 4.68 Å². The molecule has 1 aromatic rings. The molecule has 0 amide bonds. The van der Waals surface area contributed by atoms with Gasteiger partial charge in [-0.2, -0.15) is 5.10 Å². The van der Waals surface area contributed by atoms with Gasteiger partial charge in [0.25, 0.3) is 0 Å². The molecule has 4 heteroatoms. The summed E-state index contributed by atoms with van der Waals surface area (Å²) in [6, 6.07) is 2.84. The third-order valence-electron chi connectivity index (χ3n) is 4.11. The van der Waals surface area contributed by atoms with Crippen molar-refractivity contribution in [3.05, 3.63) is 17.5 Å². The Morgan fingerprint density at radius 2 is 2.05 bits per heavy atom. The molecule has 1 fully saturated rings. The van der Waals surface area contributed by atoms with Crippen molar-refractivity contribution < 1.29 is 4.74 Å². The summed E-state index contributed by atoms with van der Waals surface area (Å²) in [5, 5.41) is 8.08. The highest BCUT2D eigenvalue weighted by Gasteiger charge is 2.21. The molecule has 2 rings (SSSR count). The first-order valence-corrected chi connectivity index (χ1v) is 8.11. The van der Waals surface area contributed by atoms with E-state index in [1.807, 2.05) is 11.6 Å². The predicted molar refractivity (Wildman–Crippen MR) is 81.8 cm³/mol. The van der Waals surface area contributed by atoms with E-state index in [0.717, 1.165) is 18.8 Å². The minimum absolute atomic E-state index is 0.426. The van der Waals surface area contributed by atoms with Gasteiger partial charge in [-0.25, -0.2) is 0 Å². The van der Waals surface area contributed by atoms with E-state index in [1.54, 1.807) is 0 Å². The molecule has 1 N–H and O–H groups in total. The Hall–Kier alpha value is -0.870. The standard InChI is InChI=1S/C16H29N3O/c1-4-10-17-14-6-8-16(9-7-14)20-12-15-11-13(3)18-19(15)5-2/h11,14,16-17H,4-10,12H2,1-3H3. The lowest BCUT2D eigenvalue weighted by molar-refractivity contribution is 0.00825. The maximum absolute atomic E-state index is 6.09. The van der Waals surface area contributed by atoms with Gasteiger partial charge < -0.3 is 10.1 Å². The summed E-state index contributed by atoms with van der Waals surface area (Å²) in [5.41, 5.74) is 2.29. The van der Waals surface area contributed by atoms with Crippen LogP contribution in [0.2, 0.25) is 0 Å². The Kier molecular flexibility index (Phi) is 6.05. The number of aromatic nitrogens is 2. The van der Waals surface area contributed by atoms with Crippen molar-refractivity contribution in [2.24, 2.45) is 0 Å². The molecular weight excluding hydrogens is 250 g/mol. The molecule has 1 aliphatic carbocycles. The first-order valence-electron chi connectivity index (χ1n) is 8.11. The summed E-state index contributed by atoms with van der Waals surface area (Å²) in [7, 11) is 0. The third kappa shape index (κ3) is 4.32. The number of hydrogen-bond donors (Lipinski definition) is 1. The normalized spacial score (nSPS) is 23.1. The SMILES string of the molecule is CCCNC1CCC(OCc2cc(C)nn2CC)CC1. The van der Waals surface area contributed by atoms with Crippen LogP contribution in [0.25, 0.3) is 0 Å². The second-order valence-corrected chi connectivity index (χ2v) is 5.83. The zero-order valence-electron chi connectivity index (χ0n) is 13.2. The zero-order chi connectivity index (χ0) is 14.4. The monoisotopic (exact) mass is 279 g/mol. The van der Waals surface area contributed by atoms with E-state index in [9.17, 15) is 0 Å². The smallest absolute Gasteiger partial charge is 0.0888 e. The Labute approximate surface area is 122 Å². The molecule has 1 saturated carbocycles. The Balaban J connectivity index is 1.73. The average Bonchev–Trinajstić information content (AvgIpc) is 2.84. The molecule has 4 nitrogen and oxygen atoms in total. The number of rotatable bonds is 7. The van der Waals surface area contributed by atoms with Crippen molar-refractivity contribution >= 4 is 0 Å². The first kappa shape index (κ1) is 15.5. The van der Waals surface area contributed by atoms with Crippen molar-refractivity contribution in [2.75, 3.05) is 6.54 Å². The highest BCUT2D eigenvalue weighted by Crippen LogP contribution is 2.22. The topological polar surface area (TPSA) is 39.1 Å². The number of aryl methyl sites for hydroxylation is 2. The van der Waals surface area contributed by atoms with Crippen LogP contribution in [0.5, 0.6) is 0 Å². The fourth-order valence-corrected chi connectivity index (χ4v) is 2.97. The van der Waals surface area contributed by atoms with Gasteiger partial charge in [-0.15, -0.1) is 0 Å². The van der Waals surface area contributed by atoms with Gasteiger partial charge in [0.15, 0.2) is 0 Å². The second kappa shape index (κ2) is 7.79. The largest absolute Gasteiger partial charge is 0.372 e. The lowest BCUT2D eigenvalue weighted by atomic mass is 9.93. The maximum atomic E-state index is 6.09. The third-order valence-corrected chi connectivity index (χ3v) is 4.11. The zero-order valence-corrected chi connectivity index (χ0v) is 13.2. The van der Waals surface area contributed by atoms with Crippen LogP contribution in [0.4, 0.5) is 0 Å². The van der Waals surface area contributed by atoms with E-state index >= 15 is 0 Å². The van der Waals surface area contributed by atoms with E-state index in [1.165, 1.54) is 37.8 Å². The van der Waals surface area contributed by atoms with E-state index in [-0.39, 0.29) is 0 Å². The molecule has 0 saturated heterocycles. The van der Waals surface area contributed by atoms with Crippen LogP contribution in [0.15, 0.2) is 6.07 Å². The molecule has 0 bridgehead atoms. The molecule has 114 valence electrons. The number of ether oxygens (including phenoxy) is 1. The van der Waals surface area contributed by atoms with Crippen molar-refractivity contribution in [1.82, 2.24) is 15.1 Å². The second-order valence-electron chi connectivity index (χ2n) is 5.83. The van der Waals surface area contributed by atoms with E-state index in [0.29, 0.717) is 18.8 Å². The molecule has 0 radical (unpaired) electrons. The lowest BCUT2D eigenvalue weighted by Crippen LogP contribution is -2.35. The van der Waals surface area contributed by atoms with Crippen LogP contribution in [-0.4, -0.2) is 28.5 Å². The summed E-state index contributed by atoms with van der Waals surface area (Å²) < 4.78 is 8.13. The Morgan fingerprint density at radius 1 is 1.30 bits per heavy atom. The van der Waals surface area contributed by atoms with Gasteiger partial charge >= 0.3 is 0 Å². The lowest BCUT2D eigenvalue weighted by Gasteiger charge is -2.29.